The molecule has 6 heteroatoms. The Hall–Kier alpha value is -1.89. The van der Waals surface area contributed by atoms with Crippen LogP contribution in [0, 0.1) is 0 Å². The van der Waals surface area contributed by atoms with Crippen molar-refractivity contribution in [3.63, 3.8) is 0 Å². The minimum absolute atomic E-state index is 0.000500. The Morgan fingerprint density at radius 3 is 2.04 bits per heavy atom. The summed E-state index contributed by atoms with van der Waals surface area (Å²) in [5.74, 6) is 0.642. The van der Waals surface area contributed by atoms with Crippen LogP contribution in [0.2, 0.25) is 0 Å². The Balaban J connectivity index is 1.56. The Bertz CT molecular complexity index is 656. The van der Waals surface area contributed by atoms with E-state index in [1.807, 2.05) is 36.4 Å². The second-order valence-corrected chi connectivity index (χ2v) is 6.42. The number of hydrogen-bond acceptors (Lipinski definition) is 5. The fourth-order valence-corrected chi connectivity index (χ4v) is 2.88. The molecule has 2 rings (SSSR count). The van der Waals surface area contributed by atoms with Crippen LogP contribution in [0.5, 0.6) is 5.75 Å². The summed E-state index contributed by atoms with van der Waals surface area (Å²) in [4.78, 5) is 0. The van der Waals surface area contributed by atoms with Crippen LogP contribution in [0.25, 0.3) is 0 Å². The number of rotatable bonds is 10. The topological polar surface area (TPSA) is 61.8 Å². The van der Waals surface area contributed by atoms with E-state index in [1.54, 1.807) is 24.3 Å². The molecule has 0 saturated heterocycles. The van der Waals surface area contributed by atoms with Gasteiger partial charge in [-0.3, -0.25) is 4.18 Å². The van der Waals surface area contributed by atoms with Gasteiger partial charge in [-0.2, -0.15) is 8.42 Å². The summed E-state index contributed by atoms with van der Waals surface area (Å²) >= 11 is 0. The molecule has 0 N–H and O–H groups in total. The van der Waals surface area contributed by atoms with Crippen molar-refractivity contribution in [1.29, 1.82) is 0 Å². The van der Waals surface area contributed by atoms with E-state index in [-0.39, 0.29) is 19.0 Å². The van der Waals surface area contributed by atoms with Crippen LogP contribution >= 0.6 is 0 Å². The zero-order valence-electron chi connectivity index (χ0n) is 12.8. The predicted molar refractivity (Wildman–Crippen MR) is 87.8 cm³/mol. The largest absolute Gasteiger partial charge is 0.491 e. The van der Waals surface area contributed by atoms with E-state index in [2.05, 4.69) is 0 Å². The van der Waals surface area contributed by atoms with Crippen LogP contribution in [0.3, 0.4) is 0 Å². The molecule has 0 atom stereocenters. The van der Waals surface area contributed by atoms with E-state index in [4.69, 9.17) is 13.7 Å². The molecular weight excluding hydrogens is 316 g/mol. The summed E-state index contributed by atoms with van der Waals surface area (Å²) < 4.78 is 39.2. The summed E-state index contributed by atoms with van der Waals surface area (Å²) in [6.07, 6.45) is 0. The molecule has 5 nitrogen and oxygen atoms in total. The van der Waals surface area contributed by atoms with Gasteiger partial charge in [0.1, 0.15) is 18.1 Å². The first-order valence-corrected chi connectivity index (χ1v) is 8.90. The van der Waals surface area contributed by atoms with Gasteiger partial charge in [-0.15, -0.1) is 0 Å². The molecule has 0 saturated carbocycles. The zero-order valence-corrected chi connectivity index (χ0v) is 13.6. The van der Waals surface area contributed by atoms with Crippen molar-refractivity contribution in [1.82, 2.24) is 0 Å². The maximum atomic E-state index is 11.8. The smallest absolute Gasteiger partial charge is 0.271 e. The van der Waals surface area contributed by atoms with Crippen molar-refractivity contribution in [3.05, 3.63) is 66.2 Å². The standard InChI is InChI=1S/C17H20O5S/c18-23(19,15-16-7-3-1-4-8-16)22-14-12-20-11-13-21-17-9-5-2-6-10-17/h1-10H,11-15H2. The van der Waals surface area contributed by atoms with Crippen LogP contribution in [0.4, 0.5) is 0 Å². The van der Waals surface area contributed by atoms with Gasteiger partial charge in [0.05, 0.1) is 19.8 Å². The SMILES string of the molecule is O=S(=O)(Cc1ccccc1)OCCOCCOc1ccccc1. The van der Waals surface area contributed by atoms with Crippen LogP contribution in [-0.4, -0.2) is 34.8 Å². The highest BCUT2D eigenvalue weighted by Crippen LogP contribution is 2.08. The van der Waals surface area contributed by atoms with Gasteiger partial charge in [0, 0.05) is 0 Å². The van der Waals surface area contributed by atoms with Gasteiger partial charge in [-0.25, -0.2) is 0 Å². The molecular formula is C17H20O5S. The maximum Gasteiger partial charge on any atom is 0.271 e. The molecule has 0 amide bonds. The third-order valence-corrected chi connectivity index (χ3v) is 4.13. The quantitative estimate of drug-likeness (QED) is 0.493. The predicted octanol–water partition coefficient (Wildman–Crippen LogP) is 2.63. The molecule has 0 aliphatic heterocycles. The van der Waals surface area contributed by atoms with E-state index < -0.39 is 10.1 Å². The van der Waals surface area contributed by atoms with Crippen molar-refractivity contribution in [2.24, 2.45) is 0 Å². The number of benzene rings is 2. The monoisotopic (exact) mass is 336 g/mol. The van der Waals surface area contributed by atoms with Crippen molar-refractivity contribution in [2.75, 3.05) is 26.4 Å². The first kappa shape index (κ1) is 17.5. The van der Waals surface area contributed by atoms with Crippen LogP contribution < -0.4 is 4.74 Å². The minimum Gasteiger partial charge on any atom is -0.491 e. The number of para-hydroxylation sites is 1. The molecule has 0 fully saturated rings. The summed E-state index contributed by atoms with van der Waals surface area (Å²) in [7, 11) is -3.58. The van der Waals surface area contributed by atoms with Crippen molar-refractivity contribution in [3.8, 4) is 5.75 Å². The lowest BCUT2D eigenvalue weighted by molar-refractivity contribution is 0.0778. The molecule has 0 radical (unpaired) electrons. The first-order chi connectivity index (χ1) is 11.2. The molecule has 0 spiro atoms. The normalized spacial score (nSPS) is 11.3. The van der Waals surface area contributed by atoms with Crippen molar-refractivity contribution >= 4 is 10.1 Å². The second-order valence-electron chi connectivity index (χ2n) is 4.78. The summed E-state index contributed by atoms with van der Waals surface area (Å²) in [5.41, 5.74) is 0.699. The average Bonchev–Trinajstić information content (AvgIpc) is 2.55. The zero-order chi connectivity index (χ0) is 16.4. The van der Waals surface area contributed by atoms with Gasteiger partial charge in [-0.1, -0.05) is 48.5 Å². The lowest BCUT2D eigenvalue weighted by atomic mass is 10.2. The third kappa shape index (κ3) is 7.27. The first-order valence-electron chi connectivity index (χ1n) is 7.32. The lowest BCUT2D eigenvalue weighted by Gasteiger charge is -2.08. The minimum atomic E-state index is -3.58. The van der Waals surface area contributed by atoms with Gasteiger partial charge >= 0.3 is 0 Å². The molecule has 124 valence electrons. The molecule has 2 aromatic carbocycles. The van der Waals surface area contributed by atoms with E-state index in [0.29, 0.717) is 18.8 Å². The summed E-state index contributed by atoms with van der Waals surface area (Å²) in [6.45, 7) is 0.977. The van der Waals surface area contributed by atoms with E-state index >= 15 is 0 Å². The van der Waals surface area contributed by atoms with Crippen molar-refractivity contribution in [2.45, 2.75) is 5.75 Å². The van der Waals surface area contributed by atoms with Gasteiger partial charge in [0.2, 0.25) is 0 Å². The molecule has 0 bridgehead atoms. The summed E-state index contributed by atoms with van der Waals surface area (Å²) in [5, 5.41) is 0. The molecule has 0 aliphatic carbocycles. The fourth-order valence-electron chi connectivity index (χ4n) is 1.88. The molecule has 2 aromatic rings. The van der Waals surface area contributed by atoms with E-state index in [0.717, 1.165) is 5.75 Å². The number of hydrogen-bond donors (Lipinski definition) is 0. The molecule has 0 aromatic heterocycles. The third-order valence-electron chi connectivity index (χ3n) is 2.92. The Labute approximate surface area is 136 Å². The fraction of sp³-hybridized carbons (Fsp3) is 0.294. The van der Waals surface area contributed by atoms with Crippen LogP contribution in [0.15, 0.2) is 60.7 Å². The average molecular weight is 336 g/mol. The highest BCUT2D eigenvalue weighted by Gasteiger charge is 2.11. The molecule has 0 unspecified atom stereocenters. The van der Waals surface area contributed by atoms with Crippen LogP contribution in [-0.2, 0) is 24.8 Å². The van der Waals surface area contributed by atoms with Gasteiger partial charge in [0.15, 0.2) is 0 Å². The Morgan fingerprint density at radius 1 is 0.739 bits per heavy atom. The van der Waals surface area contributed by atoms with Crippen molar-refractivity contribution < 1.29 is 22.1 Å². The summed E-state index contributed by atoms with van der Waals surface area (Å²) in [6, 6.07) is 18.3. The highest BCUT2D eigenvalue weighted by atomic mass is 32.2. The van der Waals surface area contributed by atoms with E-state index in [1.165, 1.54) is 0 Å². The molecule has 0 aliphatic rings. The lowest BCUT2D eigenvalue weighted by Crippen LogP contribution is -2.15. The Morgan fingerprint density at radius 2 is 1.35 bits per heavy atom. The van der Waals surface area contributed by atoms with Crippen LogP contribution in [0.1, 0.15) is 5.56 Å². The highest BCUT2D eigenvalue weighted by molar-refractivity contribution is 7.85. The van der Waals surface area contributed by atoms with Gasteiger partial charge in [0.25, 0.3) is 10.1 Å². The second kappa shape index (κ2) is 9.29. The Kier molecular flexibility index (Phi) is 7.06. The molecule has 23 heavy (non-hydrogen) atoms. The molecule has 0 heterocycles. The van der Waals surface area contributed by atoms with E-state index in [9.17, 15) is 8.42 Å². The maximum absolute atomic E-state index is 11.8. The number of ether oxygens (including phenoxy) is 2. The van der Waals surface area contributed by atoms with Gasteiger partial charge < -0.3 is 9.47 Å². The van der Waals surface area contributed by atoms with Gasteiger partial charge in [-0.05, 0) is 17.7 Å².